The van der Waals surface area contributed by atoms with Crippen LogP contribution in [0.5, 0.6) is 0 Å². The molecule has 0 aliphatic heterocycles. The van der Waals surface area contributed by atoms with Crippen molar-refractivity contribution >= 4 is 0 Å². The summed E-state index contributed by atoms with van der Waals surface area (Å²) in [5.41, 5.74) is 4.15. The molecular weight excluding hydrogens is 240 g/mol. The molecule has 0 spiro atoms. The molecule has 0 nitrogen and oxygen atoms in total. The molecule has 0 aromatic carbocycles. The van der Waals surface area contributed by atoms with Gasteiger partial charge in [-0.2, -0.15) is 0 Å². The van der Waals surface area contributed by atoms with E-state index in [1.165, 1.54) is 38.5 Å². The summed E-state index contributed by atoms with van der Waals surface area (Å²) in [5.74, 6) is 1.89. The second kappa shape index (κ2) is 5.70. The van der Waals surface area contributed by atoms with Crippen molar-refractivity contribution in [2.45, 2.75) is 80.1 Å². The summed E-state index contributed by atoms with van der Waals surface area (Å²) in [4.78, 5) is 0. The van der Waals surface area contributed by atoms with Crippen molar-refractivity contribution in [3.8, 4) is 0 Å². The van der Waals surface area contributed by atoms with Crippen LogP contribution in [0.4, 0.5) is 0 Å². The van der Waals surface area contributed by atoms with Gasteiger partial charge in [-0.3, -0.25) is 0 Å². The first-order chi connectivity index (χ1) is 9.18. The zero-order chi connectivity index (χ0) is 15.0. The van der Waals surface area contributed by atoms with E-state index < -0.39 is 0 Å². The molecular formula is C20H34. The summed E-state index contributed by atoms with van der Waals surface area (Å²) < 4.78 is 0. The van der Waals surface area contributed by atoms with E-state index in [1.54, 1.807) is 11.1 Å². The second-order valence-electron chi connectivity index (χ2n) is 9.03. The van der Waals surface area contributed by atoms with Gasteiger partial charge in [0.1, 0.15) is 0 Å². The molecule has 0 aromatic rings. The van der Waals surface area contributed by atoms with Gasteiger partial charge in [-0.1, -0.05) is 64.8 Å². The Hall–Kier alpha value is -0.520. The monoisotopic (exact) mass is 274 g/mol. The van der Waals surface area contributed by atoms with Crippen LogP contribution in [0, 0.1) is 22.7 Å². The van der Waals surface area contributed by atoms with Gasteiger partial charge in [-0.05, 0) is 61.2 Å². The van der Waals surface area contributed by atoms with Gasteiger partial charge >= 0.3 is 0 Å². The van der Waals surface area contributed by atoms with E-state index in [0.29, 0.717) is 10.8 Å². The third-order valence-electron chi connectivity index (χ3n) is 5.50. The molecule has 0 amide bonds. The number of hydrogen-bond acceptors (Lipinski definition) is 0. The van der Waals surface area contributed by atoms with Crippen LogP contribution >= 0.6 is 0 Å². The maximum atomic E-state index is 2.57. The van der Waals surface area contributed by atoms with Crippen molar-refractivity contribution < 1.29 is 0 Å². The molecule has 2 unspecified atom stereocenters. The maximum Gasteiger partial charge on any atom is -0.0173 e. The molecule has 20 heavy (non-hydrogen) atoms. The normalized spacial score (nSPS) is 28.9. The van der Waals surface area contributed by atoms with Crippen molar-refractivity contribution in [3.63, 3.8) is 0 Å². The molecule has 0 aromatic heterocycles. The molecule has 2 atom stereocenters. The van der Waals surface area contributed by atoms with Crippen molar-refractivity contribution in [3.05, 3.63) is 23.3 Å². The van der Waals surface area contributed by atoms with Crippen LogP contribution in [0.1, 0.15) is 80.1 Å². The third-order valence-corrected chi connectivity index (χ3v) is 5.50. The lowest BCUT2D eigenvalue weighted by Crippen LogP contribution is -2.24. The van der Waals surface area contributed by atoms with Crippen LogP contribution < -0.4 is 0 Å². The Labute approximate surface area is 126 Å². The van der Waals surface area contributed by atoms with Crippen molar-refractivity contribution in [2.24, 2.45) is 22.7 Å². The largest absolute Gasteiger partial charge is 0.0845 e. The highest BCUT2D eigenvalue weighted by Gasteiger charge is 2.30. The first-order valence-electron chi connectivity index (χ1n) is 8.57. The van der Waals surface area contributed by atoms with E-state index in [2.05, 4.69) is 53.7 Å². The van der Waals surface area contributed by atoms with E-state index in [9.17, 15) is 0 Å². The molecule has 114 valence electrons. The van der Waals surface area contributed by atoms with Crippen LogP contribution in [-0.4, -0.2) is 0 Å². The lowest BCUT2D eigenvalue weighted by atomic mass is 9.69. The van der Waals surface area contributed by atoms with Crippen LogP contribution in [0.3, 0.4) is 0 Å². The molecule has 2 aliphatic rings. The SMILES string of the molecule is CC(C)(C)C1=CCC(C2CC=C(C(C)(C)C)CC2)CC1. The fourth-order valence-corrected chi connectivity index (χ4v) is 3.93. The molecule has 0 fully saturated rings. The standard InChI is InChI=1S/C20H34/c1-19(2,3)17-11-7-15(8-12-17)16-9-13-18(14-10-16)20(4,5)6/h11,13,15-16H,7-10,12,14H2,1-6H3. The average molecular weight is 274 g/mol. The molecule has 0 heteroatoms. The maximum absolute atomic E-state index is 2.57. The first-order valence-corrected chi connectivity index (χ1v) is 8.57. The van der Waals surface area contributed by atoms with Gasteiger partial charge < -0.3 is 0 Å². The first kappa shape index (κ1) is 15.9. The average Bonchev–Trinajstić information content (AvgIpc) is 2.37. The predicted octanol–water partition coefficient (Wildman–Crippen LogP) is 6.53. The van der Waals surface area contributed by atoms with Gasteiger partial charge in [0.05, 0.1) is 0 Å². The summed E-state index contributed by atoms with van der Waals surface area (Å²) in [5, 5.41) is 0. The fraction of sp³-hybridized carbons (Fsp3) is 0.800. The van der Waals surface area contributed by atoms with E-state index in [4.69, 9.17) is 0 Å². The van der Waals surface area contributed by atoms with E-state index >= 15 is 0 Å². The minimum absolute atomic E-state index is 0.386. The fourth-order valence-electron chi connectivity index (χ4n) is 3.93. The molecule has 0 N–H and O–H groups in total. The van der Waals surface area contributed by atoms with Gasteiger partial charge in [0.2, 0.25) is 0 Å². The predicted molar refractivity (Wildman–Crippen MR) is 89.8 cm³/mol. The molecule has 0 bridgehead atoms. The lowest BCUT2D eigenvalue weighted by molar-refractivity contribution is 0.262. The number of rotatable bonds is 1. The quantitative estimate of drug-likeness (QED) is 0.477. The van der Waals surface area contributed by atoms with Crippen molar-refractivity contribution in [1.82, 2.24) is 0 Å². The number of hydrogen-bond donors (Lipinski definition) is 0. The minimum Gasteiger partial charge on any atom is -0.0845 e. The van der Waals surface area contributed by atoms with Crippen LogP contribution in [0.2, 0.25) is 0 Å². The van der Waals surface area contributed by atoms with Crippen LogP contribution in [0.15, 0.2) is 23.3 Å². The zero-order valence-electron chi connectivity index (χ0n) is 14.6. The van der Waals surface area contributed by atoms with Crippen molar-refractivity contribution in [2.75, 3.05) is 0 Å². The lowest BCUT2D eigenvalue weighted by Gasteiger charge is -2.36. The highest BCUT2D eigenvalue weighted by atomic mass is 14.3. The Morgan fingerprint density at radius 2 is 1.05 bits per heavy atom. The Kier molecular flexibility index (Phi) is 4.52. The summed E-state index contributed by atoms with van der Waals surface area (Å²) >= 11 is 0. The summed E-state index contributed by atoms with van der Waals surface area (Å²) in [6, 6.07) is 0. The minimum atomic E-state index is 0.386. The molecule has 2 aliphatic carbocycles. The molecule has 2 rings (SSSR count). The Morgan fingerprint density at radius 1 is 0.700 bits per heavy atom. The Balaban J connectivity index is 1.94. The Morgan fingerprint density at radius 3 is 1.25 bits per heavy atom. The van der Waals surface area contributed by atoms with E-state index in [1.807, 2.05) is 0 Å². The van der Waals surface area contributed by atoms with Crippen molar-refractivity contribution in [1.29, 1.82) is 0 Å². The highest BCUT2D eigenvalue weighted by molar-refractivity contribution is 5.17. The molecule has 0 radical (unpaired) electrons. The van der Waals surface area contributed by atoms with Crippen LogP contribution in [0.25, 0.3) is 0 Å². The van der Waals surface area contributed by atoms with E-state index in [0.717, 1.165) is 11.8 Å². The summed E-state index contributed by atoms with van der Waals surface area (Å²) in [7, 11) is 0. The zero-order valence-corrected chi connectivity index (χ0v) is 14.6. The third kappa shape index (κ3) is 3.77. The van der Waals surface area contributed by atoms with Gasteiger partial charge in [0.15, 0.2) is 0 Å². The molecule has 0 heterocycles. The van der Waals surface area contributed by atoms with Gasteiger partial charge in [0, 0.05) is 0 Å². The van der Waals surface area contributed by atoms with Gasteiger partial charge in [-0.15, -0.1) is 0 Å². The van der Waals surface area contributed by atoms with E-state index in [-0.39, 0.29) is 0 Å². The Bertz CT molecular complexity index is 355. The molecule has 0 saturated heterocycles. The summed E-state index contributed by atoms with van der Waals surface area (Å²) in [6.45, 7) is 14.2. The number of allylic oxidation sites excluding steroid dienone is 4. The summed E-state index contributed by atoms with van der Waals surface area (Å²) in [6.07, 6.45) is 13.3. The second-order valence-corrected chi connectivity index (χ2v) is 9.03. The molecule has 0 saturated carbocycles. The highest BCUT2D eigenvalue weighted by Crippen LogP contribution is 2.43. The topological polar surface area (TPSA) is 0 Å². The smallest absolute Gasteiger partial charge is 0.0173 e. The van der Waals surface area contributed by atoms with Gasteiger partial charge in [-0.25, -0.2) is 0 Å². The van der Waals surface area contributed by atoms with Crippen LogP contribution in [-0.2, 0) is 0 Å². The van der Waals surface area contributed by atoms with Gasteiger partial charge in [0.25, 0.3) is 0 Å².